The van der Waals surface area contributed by atoms with Crippen LogP contribution in [-0.4, -0.2) is 33.3 Å². The van der Waals surface area contributed by atoms with Gasteiger partial charge in [-0.3, -0.25) is 4.57 Å². The van der Waals surface area contributed by atoms with Crippen molar-refractivity contribution in [3.05, 3.63) is 0 Å². The molecule has 1 fully saturated rings. The molecule has 0 N–H and O–H groups in total. The van der Waals surface area contributed by atoms with Gasteiger partial charge in [-0.05, 0) is 46.3 Å². The molecule has 2 unspecified atom stereocenters. The molecule has 1 rings (SSSR count). The lowest BCUT2D eigenvalue weighted by Crippen LogP contribution is -2.41. The zero-order valence-corrected chi connectivity index (χ0v) is 14.9. The van der Waals surface area contributed by atoms with E-state index in [1.54, 1.807) is 0 Å². The van der Waals surface area contributed by atoms with Gasteiger partial charge in [0.05, 0.1) is 25.0 Å². The lowest BCUT2D eigenvalue weighted by molar-refractivity contribution is 0.123. The summed E-state index contributed by atoms with van der Waals surface area (Å²) in [6, 6.07) is 0. The first-order chi connectivity index (χ1) is 8.82. The summed E-state index contributed by atoms with van der Waals surface area (Å²) in [6.07, 6.45) is 4.11. The van der Waals surface area contributed by atoms with Crippen LogP contribution in [0.15, 0.2) is 0 Å². The Morgan fingerprint density at radius 3 is 2.05 bits per heavy atom. The van der Waals surface area contributed by atoms with Crippen LogP contribution in [0.3, 0.4) is 0 Å². The van der Waals surface area contributed by atoms with Crippen molar-refractivity contribution in [1.82, 2.24) is 0 Å². The Morgan fingerprint density at radius 1 is 1.05 bits per heavy atom. The quantitative estimate of drug-likeness (QED) is 0.516. The third-order valence-electron chi connectivity index (χ3n) is 3.20. The zero-order chi connectivity index (χ0) is 14.5. The highest BCUT2D eigenvalue weighted by Gasteiger charge is 2.44. The van der Waals surface area contributed by atoms with Crippen molar-refractivity contribution < 1.29 is 18.0 Å². The standard InChI is InChI=1S/C13H29O4PSi/c1-6-15-18(14,16-7-2)13-11-9-8-10-12(13)17-19(3,4)5/h12-13H,6-11H2,1-5H3. The van der Waals surface area contributed by atoms with Crippen molar-refractivity contribution in [2.75, 3.05) is 13.2 Å². The minimum absolute atomic E-state index is 0.0318. The van der Waals surface area contributed by atoms with Crippen molar-refractivity contribution >= 4 is 15.9 Å². The minimum Gasteiger partial charge on any atom is -0.414 e. The monoisotopic (exact) mass is 308 g/mol. The van der Waals surface area contributed by atoms with E-state index in [1.807, 2.05) is 13.8 Å². The second kappa shape index (κ2) is 7.37. The second-order valence-corrected chi connectivity index (χ2v) is 12.7. The summed E-state index contributed by atoms with van der Waals surface area (Å²) in [4.78, 5) is 0. The Kier molecular flexibility index (Phi) is 6.74. The topological polar surface area (TPSA) is 44.8 Å². The van der Waals surface area contributed by atoms with Gasteiger partial charge in [0.25, 0.3) is 0 Å². The third kappa shape index (κ3) is 5.31. The maximum Gasteiger partial charge on any atom is 0.336 e. The molecule has 0 aliphatic heterocycles. The first-order valence-electron chi connectivity index (χ1n) is 7.39. The SMILES string of the molecule is CCOP(=O)(OCC)C1CCCCC1O[Si](C)(C)C. The largest absolute Gasteiger partial charge is 0.414 e. The van der Waals surface area contributed by atoms with Gasteiger partial charge in [0.2, 0.25) is 0 Å². The molecule has 0 aromatic carbocycles. The maximum absolute atomic E-state index is 13.0. The van der Waals surface area contributed by atoms with Gasteiger partial charge in [0.15, 0.2) is 8.32 Å². The summed E-state index contributed by atoms with van der Waals surface area (Å²) in [5.74, 6) is 0. The van der Waals surface area contributed by atoms with Gasteiger partial charge < -0.3 is 13.5 Å². The van der Waals surface area contributed by atoms with Crippen molar-refractivity contribution in [2.45, 2.75) is 70.9 Å². The molecule has 19 heavy (non-hydrogen) atoms. The predicted octanol–water partition coefficient (Wildman–Crippen LogP) is 4.42. The molecule has 0 aromatic heterocycles. The summed E-state index contributed by atoms with van der Waals surface area (Å²) in [5, 5.41) is 0. The molecule has 1 aliphatic carbocycles. The summed E-state index contributed by atoms with van der Waals surface area (Å²) in [6.45, 7) is 11.1. The Hall–Kier alpha value is 0.327. The van der Waals surface area contributed by atoms with Crippen LogP contribution in [0.4, 0.5) is 0 Å². The highest BCUT2D eigenvalue weighted by molar-refractivity contribution is 7.54. The van der Waals surface area contributed by atoms with E-state index in [1.165, 1.54) is 0 Å². The molecular weight excluding hydrogens is 279 g/mol. The fourth-order valence-corrected chi connectivity index (χ4v) is 6.22. The van der Waals surface area contributed by atoms with Gasteiger partial charge in [-0.15, -0.1) is 0 Å². The smallest absolute Gasteiger partial charge is 0.336 e. The first-order valence-corrected chi connectivity index (χ1v) is 12.4. The Balaban J connectivity index is 2.87. The molecule has 4 nitrogen and oxygen atoms in total. The molecule has 1 aliphatic rings. The van der Waals surface area contributed by atoms with E-state index in [0.29, 0.717) is 13.2 Å². The fourth-order valence-electron chi connectivity index (χ4n) is 2.62. The third-order valence-corrected chi connectivity index (χ3v) is 6.85. The van der Waals surface area contributed by atoms with Gasteiger partial charge in [0.1, 0.15) is 0 Å². The van der Waals surface area contributed by atoms with Crippen LogP contribution < -0.4 is 0 Å². The van der Waals surface area contributed by atoms with Gasteiger partial charge in [0, 0.05) is 0 Å². The van der Waals surface area contributed by atoms with Gasteiger partial charge >= 0.3 is 7.60 Å². The average molecular weight is 308 g/mol. The molecule has 0 radical (unpaired) electrons. The lowest BCUT2D eigenvalue weighted by atomic mass is 9.97. The maximum atomic E-state index is 13.0. The molecule has 0 amide bonds. The Labute approximate surface area is 118 Å². The Morgan fingerprint density at radius 2 is 1.58 bits per heavy atom. The summed E-state index contributed by atoms with van der Waals surface area (Å²) < 4.78 is 30.2. The van der Waals surface area contributed by atoms with Crippen LogP contribution in [0.5, 0.6) is 0 Å². The van der Waals surface area contributed by atoms with E-state index in [4.69, 9.17) is 13.5 Å². The number of hydrogen-bond donors (Lipinski definition) is 0. The van der Waals surface area contributed by atoms with Crippen LogP contribution in [0.25, 0.3) is 0 Å². The molecule has 0 bridgehead atoms. The van der Waals surface area contributed by atoms with E-state index >= 15 is 0 Å². The summed E-state index contributed by atoms with van der Waals surface area (Å²) in [7, 11) is -4.68. The Bertz CT molecular complexity index is 306. The van der Waals surface area contributed by atoms with Crippen LogP contribution in [0.1, 0.15) is 39.5 Å². The normalized spacial score (nSPS) is 25.5. The van der Waals surface area contributed by atoms with Crippen LogP contribution in [-0.2, 0) is 18.0 Å². The summed E-state index contributed by atoms with van der Waals surface area (Å²) >= 11 is 0. The van der Waals surface area contributed by atoms with E-state index in [0.717, 1.165) is 25.7 Å². The summed E-state index contributed by atoms with van der Waals surface area (Å²) in [5.41, 5.74) is -0.0899. The fraction of sp³-hybridized carbons (Fsp3) is 1.00. The predicted molar refractivity (Wildman–Crippen MR) is 81.3 cm³/mol. The number of rotatable bonds is 7. The van der Waals surface area contributed by atoms with Gasteiger partial charge in [-0.25, -0.2) is 0 Å². The van der Waals surface area contributed by atoms with Crippen molar-refractivity contribution in [1.29, 1.82) is 0 Å². The molecular formula is C13H29O4PSi. The van der Waals surface area contributed by atoms with E-state index < -0.39 is 15.9 Å². The molecule has 0 spiro atoms. The zero-order valence-electron chi connectivity index (χ0n) is 13.0. The average Bonchev–Trinajstić information content (AvgIpc) is 2.28. The van der Waals surface area contributed by atoms with E-state index in [2.05, 4.69) is 19.6 Å². The van der Waals surface area contributed by atoms with Gasteiger partial charge in [-0.2, -0.15) is 0 Å². The van der Waals surface area contributed by atoms with Crippen LogP contribution in [0, 0.1) is 0 Å². The molecule has 2 atom stereocenters. The molecule has 114 valence electrons. The van der Waals surface area contributed by atoms with Gasteiger partial charge in [-0.1, -0.05) is 12.8 Å². The first kappa shape index (κ1) is 17.4. The molecule has 0 heterocycles. The van der Waals surface area contributed by atoms with Crippen molar-refractivity contribution in [3.63, 3.8) is 0 Å². The lowest BCUT2D eigenvalue weighted by Gasteiger charge is -2.38. The molecule has 1 saturated carbocycles. The van der Waals surface area contributed by atoms with Crippen molar-refractivity contribution in [2.24, 2.45) is 0 Å². The minimum atomic E-state index is -3.04. The second-order valence-electron chi connectivity index (χ2n) is 6.00. The van der Waals surface area contributed by atoms with E-state index in [9.17, 15) is 4.57 Å². The van der Waals surface area contributed by atoms with E-state index in [-0.39, 0.29) is 11.8 Å². The van der Waals surface area contributed by atoms with Crippen LogP contribution >= 0.6 is 7.60 Å². The van der Waals surface area contributed by atoms with Crippen molar-refractivity contribution in [3.8, 4) is 0 Å². The highest BCUT2D eigenvalue weighted by atomic mass is 31.2. The van der Waals surface area contributed by atoms with Crippen LogP contribution in [0.2, 0.25) is 19.6 Å². The molecule has 0 saturated heterocycles. The molecule has 6 heteroatoms. The number of hydrogen-bond acceptors (Lipinski definition) is 4. The molecule has 0 aromatic rings. The highest BCUT2D eigenvalue weighted by Crippen LogP contribution is 2.58.